The lowest BCUT2D eigenvalue weighted by molar-refractivity contribution is 0.0610. The Hall–Kier alpha value is -0.380. The van der Waals surface area contributed by atoms with Crippen molar-refractivity contribution in [2.24, 2.45) is 5.41 Å². The molecule has 92 valence electrons. The Morgan fingerprint density at radius 2 is 2.00 bits per heavy atom. The molecule has 0 saturated heterocycles. The summed E-state index contributed by atoms with van der Waals surface area (Å²) in [7, 11) is 0. The van der Waals surface area contributed by atoms with Gasteiger partial charge >= 0.3 is 0 Å². The van der Waals surface area contributed by atoms with Gasteiger partial charge in [-0.15, -0.1) is 11.3 Å². The zero-order chi connectivity index (χ0) is 12.3. The van der Waals surface area contributed by atoms with E-state index in [1.54, 1.807) is 0 Å². The predicted molar refractivity (Wildman–Crippen MR) is 70.9 cm³/mol. The smallest absolute Gasteiger partial charge is 0.0712 e. The molecule has 0 saturated carbocycles. The zero-order valence-electron chi connectivity index (χ0n) is 10.9. The second kappa shape index (κ2) is 5.30. The van der Waals surface area contributed by atoms with Crippen molar-refractivity contribution in [2.75, 3.05) is 6.54 Å². The van der Waals surface area contributed by atoms with E-state index in [1.807, 2.05) is 11.3 Å². The van der Waals surface area contributed by atoms with E-state index in [-0.39, 0.29) is 11.5 Å². The largest absolute Gasteiger partial charge is 0.391 e. The minimum Gasteiger partial charge on any atom is -0.391 e. The Balaban J connectivity index is 2.44. The van der Waals surface area contributed by atoms with E-state index in [2.05, 4.69) is 52.1 Å². The molecule has 0 aliphatic carbocycles. The van der Waals surface area contributed by atoms with Crippen LogP contribution in [0.3, 0.4) is 0 Å². The molecule has 1 aromatic rings. The molecule has 2 unspecified atom stereocenters. The van der Waals surface area contributed by atoms with Gasteiger partial charge < -0.3 is 10.4 Å². The standard InChI is InChI=1S/C13H23NOS/c1-9-6-7-11(16-9)10(2)14-8-12(15)13(3,4)5/h6-7,10,12,14-15H,8H2,1-5H3. The van der Waals surface area contributed by atoms with Crippen LogP contribution in [0.2, 0.25) is 0 Å². The van der Waals surface area contributed by atoms with Crippen LogP contribution < -0.4 is 5.32 Å². The van der Waals surface area contributed by atoms with Crippen molar-refractivity contribution < 1.29 is 5.11 Å². The summed E-state index contributed by atoms with van der Waals surface area (Å²) in [6, 6.07) is 4.61. The second-order valence-corrected chi connectivity index (χ2v) is 6.78. The summed E-state index contributed by atoms with van der Waals surface area (Å²) >= 11 is 1.81. The molecule has 2 atom stereocenters. The SMILES string of the molecule is Cc1ccc(C(C)NCC(O)C(C)(C)C)s1. The van der Waals surface area contributed by atoms with Crippen molar-refractivity contribution >= 4 is 11.3 Å². The summed E-state index contributed by atoms with van der Waals surface area (Å²) in [5.74, 6) is 0. The molecule has 0 fully saturated rings. The number of hydrogen-bond donors (Lipinski definition) is 2. The molecular weight excluding hydrogens is 218 g/mol. The molecule has 3 heteroatoms. The Labute approximate surface area is 103 Å². The van der Waals surface area contributed by atoms with E-state index in [0.29, 0.717) is 12.6 Å². The van der Waals surface area contributed by atoms with Crippen LogP contribution in [0.4, 0.5) is 0 Å². The molecule has 0 radical (unpaired) electrons. The van der Waals surface area contributed by atoms with Crippen LogP contribution in [0.5, 0.6) is 0 Å². The maximum Gasteiger partial charge on any atom is 0.0712 e. The fourth-order valence-electron chi connectivity index (χ4n) is 1.38. The second-order valence-electron chi connectivity index (χ2n) is 5.46. The van der Waals surface area contributed by atoms with Gasteiger partial charge in [0.15, 0.2) is 0 Å². The summed E-state index contributed by atoms with van der Waals surface area (Å²) in [5, 5.41) is 13.3. The van der Waals surface area contributed by atoms with Crippen molar-refractivity contribution in [3.8, 4) is 0 Å². The van der Waals surface area contributed by atoms with Gasteiger partial charge in [0, 0.05) is 22.3 Å². The first kappa shape index (κ1) is 13.7. The molecule has 2 N–H and O–H groups in total. The number of rotatable bonds is 4. The van der Waals surface area contributed by atoms with E-state index >= 15 is 0 Å². The minimum absolute atomic E-state index is 0.0575. The predicted octanol–water partition coefficient (Wildman–Crippen LogP) is 3.11. The highest BCUT2D eigenvalue weighted by atomic mass is 32.1. The van der Waals surface area contributed by atoms with Crippen LogP contribution in [0.15, 0.2) is 12.1 Å². The Bertz CT molecular complexity index is 327. The van der Waals surface area contributed by atoms with Gasteiger partial charge in [0.1, 0.15) is 0 Å². The summed E-state index contributed by atoms with van der Waals surface area (Å²) in [6.07, 6.45) is -0.309. The van der Waals surface area contributed by atoms with E-state index in [0.717, 1.165) is 0 Å². The first-order valence-electron chi connectivity index (χ1n) is 5.78. The number of aliphatic hydroxyl groups is 1. The fourth-order valence-corrected chi connectivity index (χ4v) is 2.29. The Morgan fingerprint density at radius 3 is 2.44 bits per heavy atom. The first-order valence-corrected chi connectivity index (χ1v) is 6.60. The molecule has 0 spiro atoms. The number of thiophene rings is 1. The molecule has 1 heterocycles. The first-order chi connectivity index (χ1) is 7.30. The van der Waals surface area contributed by atoms with Crippen LogP contribution >= 0.6 is 11.3 Å². The Morgan fingerprint density at radius 1 is 1.38 bits per heavy atom. The average molecular weight is 241 g/mol. The van der Waals surface area contributed by atoms with Gasteiger partial charge in [0.2, 0.25) is 0 Å². The molecular formula is C13H23NOS. The van der Waals surface area contributed by atoms with E-state index in [4.69, 9.17) is 0 Å². The molecule has 2 nitrogen and oxygen atoms in total. The monoisotopic (exact) mass is 241 g/mol. The lowest BCUT2D eigenvalue weighted by Gasteiger charge is -2.27. The van der Waals surface area contributed by atoms with Crippen LogP contribution in [0, 0.1) is 12.3 Å². The summed E-state index contributed by atoms with van der Waals surface area (Å²) in [6.45, 7) is 11.1. The molecule has 0 aromatic carbocycles. The van der Waals surface area contributed by atoms with Crippen molar-refractivity contribution in [1.82, 2.24) is 5.32 Å². The van der Waals surface area contributed by atoms with Crippen molar-refractivity contribution in [2.45, 2.75) is 46.8 Å². The van der Waals surface area contributed by atoms with Crippen LogP contribution in [0.25, 0.3) is 0 Å². The number of aliphatic hydroxyl groups excluding tert-OH is 1. The van der Waals surface area contributed by atoms with Gasteiger partial charge in [0.05, 0.1) is 6.10 Å². The fraction of sp³-hybridized carbons (Fsp3) is 0.692. The van der Waals surface area contributed by atoms with Crippen LogP contribution in [-0.4, -0.2) is 17.8 Å². The normalized spacial score (nSPS) is 16.1. The number of hydrogen-bond acceptors (Lipinski definition) is 3. The van der Waals surface area contributed by atoms with Gasteiger partial charge in [-0.3, -0.25) is 0 Å². The summed E-state index contributed by atoms with van der Waals surface area (Å²) < 4.78 is 0. The van der Waals surface area contributed by atoms with Gasteiger partial charge in [-0.05, 0) is 31.4 Å². The highest BCUT2D eigenvalue weighted by Crippen LogP contribution is 2.23. The maximum absolute atomic E-state index is 9.93. The maximum atomic E-state index is 9.93. The quantitative estimate of drug-likeness (QED) is 0.849. The van der Waals surface area contributed by atoms with Gasteiger partial charge in [-0.25, -0.2) is 0 Å². The highest BCUT2D eigenvalue weighted by Gasteiger charge is 2.22. The van der Waals surface area contributed by atoms with E-state index in [1.165, 1.54) is 9.75 Å². The van der Waals surface area contributed by atoms with Crippen LogP contribution in [0.1, 0.15) is 43.5 Å². The zero-order valence-corrected chi connectivity index (χ0v) is 11.7. The third-order valence-electron chi connectivity index (χ3n) is 2.80. The summed E-state index contributed by atoms with van der Waals surface area (Å²) in [4.78, 5) is 2.67. The lowest BCUT2D eigenvalue weighted by atomic mass is 9.89. The third kappa shape index (κ3) is 3.89. The number of nitrogens with one attached hydrogen (secondary N) is 1. The van der Waals surface area contributed by atoms with Crippen molar-refractivity contribution in [3.63, 3.8) is 0 Å². The van der Waals surface area contributed by atoms with Crippen LogP contribution in [-0.2, 0) is 0 Å². The van der Waals surface area contributed by atoms with Gasteiger partial charge in [-0.1, -0.05) is 20.8 Å². The molecule has 16 heavy (non-hydrogen) atoms. The van der Waals surface area contributed by atoms with Gasteiger partial charge in [0.25, 0.3) is 0 Å². The molecule has 0 aliphatic rings. The molecule has 0 amide bonds. The lowest BCUT2D eigenvalue weighted by Crippen LogP contribution is -2.37. The minimum atomic E-state index is -0.309. The number of aryl methyl sites for hydroxylation is 1. The van der Waals surface area contributed by atoms with E-state index in [9.17, 15) is 5.11 Å². The molecule has 0 aliphatic heterocycles. The molecule has 1 aromatic heterocycles. The molecule has 0 bridgehead atoms. The van der Waals surface area contributed by atoms with E-state index < -0.39 is 0 Å². The van der Waals surface area contributed by atoms with Crippen molar-refractivity contribution in [1.29, 1.82) is 0 Å². The average Bonchev–Trinajstić information content (AvgIpc) is 2.59. The Kier molecular flexibility index (Phi) is 4.53. The molecule has 1 rings (SSSR count). The summed E-state index contributed by atoms with van der Waals surface area (Å²) in [5.41, 5.74) is -0.0575. The third-order valence-corrected chi connectivity index (χ3v) is 3.99. The highest BCUT2D eigenvalue weighted by molar-refractivity contribution is 7.12. The van der Waals surface area contributed by atoms with Gasteiger partial charge in [-0.2, -0.15) is 0 Å². The topological polar surface area (TPSA) is 32.3 Å². The van der Waals surface area contributed by atoms with Crippen molar-refractivity contribution in [3.05, 3.63) is 21.9 Å².